The fraction of sp³-hybridized carbons (Fsp3) is 0.371. The Labute approximate surface area is 321 Å². The van der Waals surface area contributed by atoms with Crippen LogP contribution in [0.3, 0.4) is 0 Å². The molecule has 0 amide bonds. The van der Waals surface area contributed by atoms with Gasteiger partial charge in [0.05, 0.1) is 21.3 Å². The van der Waals surface area contributed by atoms with Gasteiger partial charge in [-0.2, -0.15) is 19.2 Å². The van der Waals surface area contributed by atoms with E-state index in [1.54, 1.807) is 31.8 Å². The largest absolute Gasteiger partial charge is 0.366 e. The predicted octanol–water partition coefficient (Wildman–Crippen LogP) is 5.44. The summed E-state index contributed by atoms with van der Waals surface area (Å²) in [6.45, 7) is 5.03. The molecule has 4 N–H and O–H groups in total. The SMILES string of the molecule is Brc1cnn2c(NCc3cccnc3)cc(C3CCNCC3)nc12.CNS(=O)N1CCC(c2cc(NCc3cccnc3)n3ncc(Br)c3n2)CC1. The van der Waals surface area contributed by atoms with Crippen LogP contribution in [0.5, 0.6) is 0 Å². The van der Waals surface area contributed by atoms with Crippen LogP contribution in [0.4, 0.5) is 11.6 Å². The quantitative estimate of drug-likeness (QED) is 0.140. The number of anilines is 2. The molecule has 1 atom stereocenters. The number of hydrogen-bond donors (Lipinski definition) is 4. The van der Waals surface area contributed by atoms with E-state index in [-0.39, 0.29) is 0 Å². The maximum Gasteiger partial charge on any atom is 0.171 e. The lowest BCUT2D eigenvalue weighted by Gasteiger charge is -2.30. The minimum atomic E-state index is -1.11. The van der Waals surface area contributed by atoms with Crippen LogP contribution in [0.25, 0.3) is 11.3 Å². The van der Waals surface area contributed by atoms with Gasteiger partial charge in [-0.25, -0.2) is 23.2 Å². The van der Waals surface area contributed by atoms with Crippen molar-refractivity contribution in [3.8, 4) is 0 Å². The Hall–Kier alpha value is -3.87. The molecular formula is C35H41Br2N13OS. The second-order valence-corrected chi connectivity index (χ2v) is 15.8. The molecular weight excluding hydrogens is 810 g/mol. The first-order valence-electron chi connectivity index (χ1n) is 17.4. The average molecular weight is 852 g/mol. The Morgan fingerprint density at radius 2 is 1.27 bits per heavy atom. The van der Waals surface area contributed by atoms with Gasteiger partial charge in [-0.3, -0.25) is 9.97 Å². The average Bonchev–Trinajstić information content (AvgIpc) is 3.78. The standard InChI is InChI=1S/C18H22BrN7OS.C17H19BrN6/c1-20-28(27)25-7-4-14(5-8-25)16-9-17(22-11-13-3-2-6-21-10-13)26-18(24-16)15(19)12-23-26;18-14-11-22-24-16(21-10-12-2-1-5-20-9-12)8-15(23-17(14)24)13-3-6-19-7-4-13/h2-3,6,9-10,12,14,20,22H,4-5,7-8,11H2,1H3;1-2,5,8-9,11,13,19,21H,3-4,6-7,10H2. The van der Waals surface area contributed by atoms with Crippen LogP contribution in [-0.2, 0) is 24.3 Å². The zero-order valence-electron chi connectivity index (χ0n) is 28.8. The lowest BCUT2D eigenvalue weighted by molar-refractivity contribution is 0.329. The van der Waals surface area contributed by atoms with Crippen LogP contribution in [-0.4, -0.2) is 80.9 Å². The fourth-order valence-corrected chi connectivity index (χ4v) is 8.03. The van der Waals surface area contributed by atoms with Gasteiger partial charge in [0.15, 0.2) is 22.5 Å². The zero-order valence-corrected chi connectivity index (χ0v) is 32.7. The first kappa shape index (κ1) is 36.5. The summed E-state index contributed by atoms with van der Waals surface area (Å²) < 4.78 is 22.2. The van der Waals surface area contributed by atoms with E-state index in [2.05, 4.69) is 90.9 Å². The third kappa shape index (κ3) is 8.66. The third-order valence-electron chi connectivity index (χ3n) is 9.33. The maximum absolute atomic E-state index is 11.9. The van der Waals surface area contributed by atoms with Crippen molar-refractivity contribution in [3.63, 3.8) is 0 Å². The molecule has 6 aromatic heterocycles. The smallest absolute Gasteiger partial charge is 0.171 e. The van der Waals surface area contributed by atoms with Crippen molar-refractivity contribution < 1.29 is 4.21 Å². The lowest BCUT2D eigenvalue weighted by Crippen LogP contribution is -2.39. The van der Waals surface area contributed by atoms with E-state index < -0.39 is 11.2 Å². The minimum absolute atomic E-state index is 0.329. The van der Waals surface area contributed by atoms with Crippen molar-refractivity contribution in [2.45, 2.75) is 50.6 Å². The number of aromatic nitrogens is 8. The van der Waals surface area contributed by atoms with Crippen molar-refractivity contribution >= 4 is 66.0 Å². The normalized spacial score (nSPS) is 16.4. The van der Waals surface area contributed by atoms with E-state index in [0.717, 1.165) is 106 Å². The number of piperidine rings is 2. The molecule has 17 heteroatoms. The van der Waals surface area contributed by atoms with Gasteiger partial charge in [-0.15, -0.1) is 0 Å². The van der Waals surface area contributed by atoms with Gasteiger partial charge in [0.25, 0.3) is 0 Å². The molecule has 1 unspecified atom stereocenters. The van der Waals surface area contributed by atoms with E-state index >= 15 is 0 Å². The van der Waals surface area contributed by atoms with Crippen LogP contribution in [0, 0.1) is 0 Å². The van der Waals surface area contributed by atoms with Crippen molar-refractivity contribution in [2.75, 3.05) is 43.9 Å². The summed E-state index contributed by atoms with van der Waals surface area (Å²) in [4.78, 5) is 18.0. The number of halogens is 2. The topological polar surface area (TPSA) is 155 Å². The van der Waals surface area contributed by atoms with Gasteiger partial charge in [-0.1, -0.05) is 12.1 Å². The van der Waals surface area contributed by atoms with E-state index in [1.165, 1.54) is 0 Å². The van der Waals surface area contributed by atoms with Crippen LogP contribution in [0.1, 0.15) is 60.0 Å². The zero-order chi connectivity index (χ0) is 35.9. The Kier molecular flexibility index (Phi) is 12.1. The molecule has 2 fully saturated rings. The molecule has 52 heavy (non-hydrogen) atoms. The number of nitrogens with one attached hydrogen (secondary N) is 4. The Bertz CT molecular complexity index is 2100. The molecule has 0 aromatic carbocycles. The summed E-state index contributed by atoms with van der Waals surface area (Å²) in [6, 6.07) is 12.2. The molecule has 272 valence electrons. The monoisotopic (exact) mass is 849 g/mol. The van der Waals surface area contributed by atoms with Crippen LogP contribution < -0.4 is 20.7 Å². The second kappa shape index (κ2) is 17.3. The summed E-state index contributed by atoms with van der Waals surface area (Å²) in [7, 11) is 1.72. The summed E-state index contributed by atoms with van der Waals surface area (Å²) in [6.07, 6.45) is 14.9. The van der Waals surface area contributed by atoms with E-state index in [0.29, 0.717) is 24.9 Å². The molecule has 2 aliphatic rings. The number of fused-ring (bicyclic) bond motifs is 2. The van der Waals surface area contributed by atoms with Gasteiger partial charge < -0.3 is 16.0 Å². The molecule has 0 saturated carbocycles. The molecule has 8 rings (SSSR count). The lowest BCUT2D eigenvalue weighted by atomic mass is 9.94. The summed E-state index contributed by atoms with van der Waals surface area (Å²) >= 11 is 6.00. The van der Waals surface area contributed by atoms with E-state index in [9.17, 15) is 4.21 Å². The van der Waals surface area contributed by atoms with Crippen LogP contribution >= 0.6 is 31.9 Å². The predicted molar refractivity (Wildman–Crippen MR) is 210 cm³/mol. The molecule has 8 heterocycles. The molecule has 0 spiro atoms. The first-order valence-corrected chi connectivity index (χ1v) is 20.0. The highest BCUT2D eigenvalue weighted by molar-refractivity contribution is 9.11. The number of rotatable bonds is 10. The maximum atomic E-state index is 11.9. The van der Waals surface area contributed by atoms with Crippen molar-refractivity contribution in [1.82, 2.24) is 53.5 Å². The third-order valence-corrected chi connectivity index (χ3v) is 11.6. The molecule has 0 radical (unpaired) electrons. The van der Waals surface area contributed by atoms with Gasteiger partial charge in [0.2, 0.25) is 0 Å². The van der Waals surface area contributed by atoms with E-state index in [1.807, 2.05) is 43.9 Å². The molecule has 2 aliphatic heterocycles. The summed E-state index contributed by atoms with van der Waals surface area (Å²) in [5, 5.41) is 19.2. The number of nitrogens with zero attached hydrogens (tertiary/aromatic N) is 9. The fourth-order valence-electron chi connectivity index (χ4n) is 6.53. The highest BCUT2D eigenvalue weighted by Crippen LogP contribution is 2.31. The molecule has 0 aliphatic carbocycles. The molecule has 6 aromatic rings. The Morgan fingerprint density at radius 3 is 1.73 bits per heavy atom. The van der Waals surface area contributed by atoms with Crippen molar-refractivity contribution in [3.05, 3.63) is 105 Å². The highest BCUT2D eigenvalue weighted by Gasteiger charge is 2.26. The van der Waals surface area contributed by atoms with Gasteiger partial charge in [0.1, 0.15) is 11.6 Å². The highest BCUT2D eigenvalue weighted by atomic mass is 79.9. The van der Waals surface area contributed by atoms with Crippen LogP contribution in [0.15, 0.2) is 82.5 Å². The Balaban J connectivity index is 0.000000164. The summed E-state index contributed by atoms with van der Waals surface area (Å²) in [5.74, 6) is 2.69. The second-order valence-electron chi connectivity index (χ2n) is 12.7. The van der Waals surface area contributed by atoms with E-state index in [4.69, 9.17) is 9.97 Å². The minimum Gasteiger partial charge on any atom is -0.366 e. The molecule has 0 bridgehead atoms. The first-order chi connectivity index (χ1) is 25.5. The molecule has 2 saturated heterocycles. The van der Waals surface area contributed by atoms with Gasteiger partial charge in [0, 0.05) is 86.3 Å². The van der Waals surface area contributed by atoms with Gasteiger partial charge in [-0.05, 0) is 101 Å². The Morgan fingerprint density at radius 1 is 0.769 bits per heavy atom. The number of pyridine rings is 2. The molecule has 14 nitrogen and oxygen atoms in total. The van der Waals surface area contributed by atoms with Crippen LogP contribution in [0.2, 0.25) is 0 Å². The van der Waals surface area contributed by atoms with Crippen molar-refractivity contribution in [1.29, 1.82) is 0 Å². The summed E-state index contributed by atoms with van der Waals surface area (Å²) in [5.41, 5.74) is 6.07. The number of hydrogen-bond acceptors (Lipinski definition) is 10. The van der Waals surface area contributed by atoms with Crippen molar-refractivity contribution in [2.24, 2.45) is 0 Å². The van der Waals surface area contributed by atoms with Gasteiger partial charge >= 0.3 is 0 Å².